The van der Waals surface area contributed by atoms with Gasteiger partial charge in [0.05, 0.1) is 12.0 Å². The summed E-state index contributed by atoms with van der Waals surface area (Å²) in [5.74, 6) is -0.618. The van der Waals surface area contributed by atoms with Gasteiger partial charge in [-0.1, -0.05) is 0 Å². The quantitative estimate of drug-likeness (QED) is 0.609. The van der Waals surface area contributed by atoms with Crippen LogP contribution in [0, 0.1) is 20.8 Å². The zero-order chi connectivity index (χ0) is 20.6. The standard InChI is InChI=1S/C20H21NO6S/c1-9-11(3)26-16-7-17-13(5-12(9)16)10(2)14(20(25)27-17)6-18(22)21-15(8-28-4)19(23)24/h5,7,15H,6,8H2,1-4H3,(H,21,22)(H,23,24). The molecule has 148 valence electrons. The lowest BCUT2D eigenvalue weighted by Gasteiger charge is -2.14. The van der Waals surface area contributed by atoms with Crippen LogP contribution in [0.1, 0.15) is 22.5 Å². The molecule has 28 heavy (non-hydrogen) atoms. The highest BCUT2D eigenvalue weighted by Gasteiger charge is 2.22. The predicted molar refractivity (Wildman–Crippen MR) is 108 cm³/mol. The van der Waals surface area contributed by atoms with Gasteiger partial charge < -0.3 is 19.3 Å². The molecule has 2 heterocycles. The monoisotopic (exact) mass is 403 g/mol. The largest absolute Gasteiger partial charge is 0.480 e. The van der Waals surface area contributed by atoms with Crippen LogP contribution in [0.5, 0.6) is 0 Å². The summed E-state index contributed by atoms with van der Waals surface area (Å²) in [6, 6.07) is 2.57. The molecule has 0 aliphatic carbocycles. The third kappa shape index (κ3) is 3.64. The first-order valence-corrected chi connectivity index (χ1v) is 10.1. The molecule has 1 atom stereocenters. The van der Waals surface area contributed by atoms with Gasteiger partial charge in [-0.05, 0) is 44.2 Å². The van der Waals surface area contributed by atoms with Crippen LogP contribution in [-0.4, -0.2) is 35.0 Å². The van der Waals surface area contributed by atoms with E-state index in [2.05, 4.69) is 5.32 Å². The Bertz CT molecular complexity index is 1140. The zero-order valence-electron chi connectivity index (χ0n) is 16.0. The van der Waals surface area contributed by atoms with Crippen molar-refractivity contribution in [1.29, 1.82) is 0 Å². The molecule has 0 bridgehead atoms. The van der Waals surface area contributed by atoms with Crippen LogP contribution in [0.25, 0.3) is 21.9 Å². The fraction of sp³-hybridized carbons (Fsp3) is 0.350. The molecule has 1 aromatic carbocycles. The van der Waals surface area contributed by atoms with E-state index in [0.717, 1.165) is 22.1 Å². The molecule has 1 amide bonds. The van der Waals surface area contributed by atoms with Crippen LogP contribution < -0.4 is 10.9 Å². The number of carboxylic acid groups (broad SMARTS) is 1. The summed E-state index contributed by atoms with van der Waals surface area (Å²) in [5.41, 5.74) is 2.27. The third-order valence-corrected chi connectivity index (χ3v) is 5.55. The van der Waals surface area contributed by atoms with Gasteiger partial charge in [-0.2, -0.15) is 11.8 Å². The van der Waals surface area contributed by atoms with E-state index >= 15 is 0 Å². The van der Waals surface area contributed by atoms with Gasteiger partial charge in [0.1, 0.15) is 23.0 Å². The van der Waals surface area contributed by atoms with Gasteiger partial charge in [-0.15, -0.1) is 0 Å². The molecule has 2 N–H and O–H groups in total. The smallest absolute Gasteiger partial charge is 0.340 e. The number of nitrogens with one attached hydrogen (secondary N) is 1. The number of carboxylic acids is 1. The highest BCUT2D eigenvalue weighted by atomic mass is 32.2. The summed E-state index contributed by atoms with van der Waals surface area (Å²) >= 11 is 1.31. The average Bonchev–Trinajstić information content (AvgIpc) is 2.90. The molecule has 0 aliphatic rings. The van der Waals surface area contributed by atoms with Crippen molar-refractivity contribution >= 4 is 45.6 Å². The molecule has 0 saturated carbocycles. The number of hydrogen-bond donors (Lipinski definition) is 2. The molecular formula is C20H21NO6S. The number of thioether (sulfide) groups is 1. The first kappa shape index (κ1) is 20.0. The molecular weight excluding hydrogens is 382 g/mol. The molecule has 0 saturated heterocycles. The summed E-state index contributed by atoms with van der Waals surface area (Å²) in [7, 11) is 0. The highest BCUT2D eigenvalue weighted by molar-refractivity contribution is 7.98. The number of carbonyl (C=O) groups excluding carboxylic acids is 1. The Morgan fingerprint density at radius 1 is 1.11 bits per heavy atom. The van der Waals surface area contributed by atoms with Crippen molar-refractivity contribution in [3.63, 3.8) is 0 Å². The van der Waals surface area contributed by atoms with E-state index in [-0.39, 0.29) is 17.7 Å². The summed E-state index contributed by atoms with van der Waals surface area (Å²) in [6.45, 7) is 5.58. The van der Waals surface area contributed by atoms with E-state index in [1.165, 1.54) is 11.8 Å². The minimum Gasteiger partial charge on any atom is -0.480 e. The lowest BCUT2D eigenvalue weighted by Crippen LogP contribution is -2.43. The fourth-order valence-corrected chi connectivity index (χ4v) is 3.74. The van der Waals surface area contributed by atoms with Gasteiger partial charge in [-0.3, -0.25) is 4.79 Å². The van der Waals surface area contributed by atoms with E-state index in [1.807, 2.05) is 19.9 Å². The molecule has 1 unspecified atom stereocenters. The van der Waals surface area contributed by atoms with Gasteiger partial charge >= 0.3 is 11.6 Å². The number of hydrogen-bond acceptors (Lipinski definition) is 6. The number of carbonyl (C=O) groups is 2. The summed E-state index contributed by atoms with van der Waals surface area (Å²) in [6.07, 6.45) is 1.51. The van der Waals surface area contributed by atoms with Crippen molar-refractivity contribution in [1.82, 2.24) is 5.32 Å². The van der Waals surface area contributed by atoms with Crippen LogP contribution in [0.2, 0.25) is 0 Å². The lowest BCUT2D eigenvalue weighted by molar-refractivity contribution is -0.141. The second-order valence-electron chi connectivity index (χ2n) is 6.71. The average molecular weight is 403 g/mol. The molecule has 3 aromatic rings. The van der Waals surface area contributed by atoms with E-state index in [9.17, 15) is 19.5 Å². The second-order valence-corrected chi connectivity index (χ2v) is 7.62. The number of benzene rings is 1. The second kappa shape index (κ2) is 7.71. The number of amides is 1. The van der Waals surface area contributed by atoms with Crippen molar-refractivity contribution in [2.45, 2.75) is 33.2 Å². The first-order valence-electron chi connectivity index (χ1n) is 8.70. The Hall–Kier alpha value is -2.74. The number of aryl methyl sites for hydroxylation is 3. The molecule has 2 aromatic heterocycles. The van der Waals surface area contributed by atoms with Crippen molar-refractivity contribution in [3.8, 4) is 0 Å². The van der Waals surface area contributed by atoms with Gasteiger partial charge in [-0.25, -0.2) is 9.59 Å². The van der Waals surface area contributed by atoms with Crippen LogP contribution in [0.3, 0.4) is 0 Å². The Morgan fingerprint density at radius 3 is 2.39 bits per heavy atom. The molecule has 0 aliphatic heterocycles. The minimum atomic E-state index is -1.11. The third-order valence-electron chi connectivity index (χ3n) is 4.89. The van der Waals surface area contributed by atoms with Crippen molar-refractivity contribution < 1.29 is 23.5 Å². The molecule has 0 fully saturated rings. The van der Waals surface area contributed by atoms with Gasteiger partial charge in [0.15, 0.2) is 0 Å². The summed E-state index contributed by atoms with van der Waals surface area (Å²) in [4.78, 5) is 36.0. The fourth-order valence-electron chi connectivity index (χ4n) is 3.18. The van der Waals surface area contributed by atoms with Crippen LogP contribution in [-0.2, 0) is 16.0 Å². The van der Waals surface area contributed by atoms with Crippen molar-refractivity contribution in [3.05, 3.63) is 45.0 Å². The topological polar surface area (TPSA) is 110 Å². The van der Waals surface area contributed by atoms with E-state index in [1.54, 1.807) is 19.2 Å². The molecule has 0 radical (unpaired) electrons. The Balaban J connectivity index is 2.00. The van der Waals surface area contributed by atoms with Crippen LogP contribution >= 0.6 is 11.8 Å². The first-order chi connectivity index (χ1) is 13.2. The SMILES string of the molecule is CSCC(NC(=O)Cc1c(C)c2cc3c(C)c(C)oc3cc2oc1=O)C(=O)O. The number of furan rings is 1. The Labute approximate surface area is 165 Å². The van der Waals surface area contributed by atoms with Gasteiger partial charge in [0.2, 0.25) is 5.91 Å². The maximum atomic E-state index is 12.4. The minimum absolute atomic E-state index is 0.218. The number of rotatable bonds is 6. The summed E-state index contributed by atoms with van der Waals surface area (Å²) < 4.78 is 11.1. The van der Waals surface area contributed by atoms with Crippen LogP contribution in [0.15, 0.2) is 25.8 Å². The molecule has 0 spiro atoms. The van der Waals surface area contributed by atoms with Crippen molar-refractivity contribution in [2.24, 2.45) is 0 Å². The lowest BCUT2D eigenvalue weighted by atomic mass is 10.0. The van der Waals surface area contributed by atoms with E-state index < -0.39 is 23.5 Å². The van der Waals surface area contributed by atoms with E-state index in [4.69, 9.17) is 8.83 Å². The van der Waals surface area contributed by atoms with Crippen LogP contribution in [0.4, 0.5) is 0 Å². The maximum absolute atomic E-state index is 12.4. The van der Waals surface area contributed by atoms with E-state index in [0.29, 0.717) is 16.7 Å². The van der Waals surface area contributed by atoms with Gasteiger partial charge in [0, 0.05) is 22.6 Å². The number of fused-ring (bicyclic) bond motifs is 2. The zero-order valence-corrected chi connectivity index (χ0v) is 16.9. The Kier molecular flexibility index (Phi) is 5.51. The maximum Gasteiger partial charge on any atom is 0.340 e. The molecule has 8 heteroatoms. The molecule has 7 nitrogen and oxygen atoms in total. The Morgan fingerprint density at radius 2 is 1.75 bits per heavy atom. The highest BCUT2D eigenvalue weighted by Crippen LogP contribution is 2.30. The van der Waals surface area contributed by atoms with Crippen molar-refractivity contribution in [2.75, 3.05) is 12.0 Å². The van der Waals surface area contributed by atoms with Gasteiger partial charge in [0.25, 0.3) is 0 Å². The molecule has 3 rings (SSSR count). The normalized spacial score (nSPS) is 12.4. The predicted octanol–water partition coefficient (Wildman–Crippen LogP) is 2.94. The number of aliphatic carboxylic acids is 1. The summed E-state index contributed by atoms with van der Waals surface area (Å²) in [5, 5.41) is 13.3.